The van der Waals surface area contributed by atoms with Crippen LogP contribution in [0.25, 0.3) is 0 Å². The van der Waals surface area contributed by atoms with E-state index in [0.29, 0.717) is 23.0 Å². The molecule has 3 aromatic rings. The molecule has 0 atom stereocenters. The maximum atomic E-state index is 13.7. The predicted octanol–water partition coefficient (Wildman–Crippen LogP) is 5.07. The zero-order valence-electron chi connectivity index (χ0n) is 21.8. The average Bonchev–Trinajstić information content (AvgIpc) is 2.92. The lowest BCUT2D eigenvalue weighted by Gasteiger charge is -2.22. The fourth-order valence-electron chi connectivity index (χ4n) is 4.24. The van der Waals surface area contributed by atoms with Crippen molar-refractivity contribution in [1.29, 1.82) is 0 Å². The molecule has 1 amide bonds. The van der Waals surface area contributed by atoms with Crippen molar-refractivity contribution in [1.82, 2.24) is 20.3 Å². The van der Waals surface area contributed by atoms with Gasteiger partial charge in [0.1, 0.15) is 17.2 Å². The smallest absolute Gasteiger partial charge is 0.365 e. The molecule has 1 aliphatic rings. The first-order valence-electron chi connectivity index (χ1n) is 12.8. The van der Waals surface area contributed by atoms with Crippen LogP contribution in [0.5, 0.6) is 0 Å². The van der Waals surface area contributed by atoms with Crippen molar-refractivity contribution >= 4 is 39.2 Å². The molecule has 214 valence electrons. The summed E-state index contributed by atoms with van der Waals surface area (Å²) >= 11 is 0. The number of halogens is 3. The number of hydrogen-bond acceptors (Lipinski definition) is 8. The van der Waals surface area contributed by atoms with Gasteiger partial charge in [-0.25, -0.2) is 18.4 Å². The summed E-state index contributed by atoms with van der Waals surface area (Å²) in [4.78, 5) is 24.6. The van der Waals surface area contributed by atoms with Crippen LogP contribution in [0.3, 0.4) is 0 Å². The minimum Gasteiger partial charge on any atom is -0.365 e. The Hall–Kier alpha value is -3.94. The van der Waals surface area contributed by atoms with E-state index < -0.39 is 27.6 Å². The van der Waals surface area contributed by atoms with E-state index in [2.05, 4.69) is 35.6 Å². The minimum atomic E-state index is -4.75. The summed E-state index contributed by atoms with van der Waals surface area (Å²) < 4.78 is 67.5. The van der Waals surface area contributed by atoms with Crippen molar-refractivity contribution in [3.05, 3.63) is 65.5 Å². The lowest BCUT2D eigenvalue weighted by atomic mass is 9.95. The van der Waals surface area contributed by atoms with E-state index in [-0.39, 0.29) is 36.0 Å². The normalized spacial score (nSPS) is 14.4. The van der Waals surface area contributed by atoms with Gasteiger partial charge in [-0.1, -0.05) is 31.4 Å². The van der Waals surface area contributed by atoms with Crippen LogP contribution in [-0.4, -0.2) is 41.1 Å². The van der Waals surface area contributed by atoms with Crippen molar-refractivity contribution < 1.29 is 26.4 Å². The predicted molar refractivity (Wildman–Crippen MR) is 146 cm³/mol. The van der Waals surface area contributed by atoms with Gasteiger partial charge in [0.15, 0.2) is 0 Å². The fourth-order valence-corrected chi connectivity index (χ4v) is 4.86. The molecular formula is C26H30F3N7O3S. The molecule has 1 aliphatic carbocycles. The number of rotatable bonds is 10. The molecule has 2 aromatic heterocycles. The van der Waals surface area contributed by atoms with Gasteiger partial charge in [-0.15, -0.1) is 0 Å². The Morgan fingerprint density at radius 1 is 1.05 bits per heavy atom. The number of alkyl halides is 3. The molecule has 0 bridgehead atoms. The topological polar surface area (TPSA) is 138 Å². The number of carbonyl (C=O) groups is 1. The molecule has 1 saturated carbocycles. The highest BCUT2D eigenvalue weighted by Crippen LogP contribution is 2.34. The maximum absolute atomic E-state index is 13.7. The number of sulfonamides is 1. The number of nitrogens with zero attached hydrogens (tertiary/aromatic N) is 3. The molecule has 4 rings (SSSR count). The summed E-state index contributed by atoms with van der Waals surface area (Å²) in [6.45, 7) is 1.25. The highest BCUT2D eigenvalue weighted by atomic mass is 32.2. The second-order valence-electron chi connectivity index (χ2n) is 9.34. The standard InChI is InChI=1S/C26H30F3N7O3S/c1-2-40(38,39)36-22-18(9-7-13-30-22)15-31-23-21(26(27,28)29)16-32-25(35-23)34-20-12-6-8-17(14-20)24(37)33-19-10-4-3-5-11-19/h6-9,12-14,16,19H,2-5,10-11,15H2,1H3,(H,30,36)(H,33,37)(H2,31,32,34,35). The Kier molecular flexibility index (Phi) is 9.07. The van der Waals surface area contributed by atoms with Gasteiger partial charge in [0.05, 0.1) is 5.75 Å². The third-order valence-electron chi connectivity index (χ3n) is 6.39. The van der Waals surface area contributed by atoms with Crippen LogP contribution in [0.1, 0.15) is 60.5 Å². The summed E-state index contributed by atoms with van der Waals surface area (Å²) in [6, 6.07) is 9.73. The first kappa shape index (κ1) is 29.1. The molecule has 1 aromatic carbocycles. The highest BCUT2D eigenvalue weighted by molar-refractivity contribution is 7.92. The Morgan fingerprint density at radius 2 is 1.82 bits per heavy atom. The van der Waals surface area contributed by atoms with E-state index in [9.17, 15) is 26.4 Å². The first-order valence-corrected chi connectivity index (χ1v) is 14.5. The molecule has 1 fully saturated rings. The molecule has 0 saturated heterocycles. The third-order valence-corrected chi connectivity index (χ3v) is 7.65. The summed E-state index contributed by atoms with van der Waals surface area (Å²) in [6.07, 6.45) is 2.45. The molecule has 40 heavy (non-hydrogen) atoms. The van der Waals surface area contributed by atoms with Crippen LogP contribution in [0.4, 0.5) is 36.4 Å². The first-order chi connectivity index (χ1) is 19.0. The Balaban J connectivity index is 1.52. The van der Waals surface area contributed by atoms with E-state index in [1.54, 1.807) is 24.3 Å². The molecule has 2 heterocycles. The summed E-state index contributed by atoms with van der Waals surface area (Å²) in [5.74, 6) is -1.06. The van der Waals surface area contributed by atoms with Gasteiger partial charge in [-0.2, -0.15) is 18.2 Å². The minimum absolute atomic E-state index is 0.00105. The second kappa shape index (κ2) is 12.5. The van der Waals surface area contributed by atoms with Crippen LogP contribution < -0.4 is 20.7 Å². The number of carbonyl (C=O) groups excluding carboxylic acids is 1. The van der Waals surface area contributed by atoms with Gasteiger partial charge in [0.25, 0.3) is 5.91 Å². The quantitative estimate of drug-likeness (QED) is 0.262. The Labute approximate surface area is 230 Å². The van der Waals surface area contributed by atoms with Gasteiger partial charge in [-0.05, 0) is 44.0 Å². The molecule has 0 aliphatic heterocycles. The Bertz CT molecular complexity index is 1450. The molecule has 14 heteroatoms. The van der Waals surface area contributed by atoms with Gasteiger partial charge in [0, 0.05) is 41.8 Å². The number of pyridine rings is 1. The lowest BCUT2D eigenvalue weighted by molar-refractivity contribution is -0.137. The molecule has 0 radical (unpaired) electrons. The zero-order valence-corrected chi connectivity index (χ0v) is 22.6. The summed E-state index contributed by atoms with van der Waals surface area (Å²) in [5, 5.41) is 8.52. The second-order valence-corrected chi connectivity index (χ2v) is 11.3. The van der Waals surface area contributed by atoms with Gasteiger partial charge < -0.3 is 16.0 Å². The van der Waals surface area contributed by atoms with Crippen LogP contribution in [-0.2, 0) is 22.7 Å². The number of amides is 1. The molecule has 4 N–H and O–H groups in total. The van der Waals surface area contributed by atoms with E-state index >= 15 is 0 Å². The van der Waals surface area contributed by atoms with Crippen LogP contribution >= 0.6 is 0 Å². The van der Waals surface area contributed by atoms with Gasteiger partial charge in [-0.3, -0.25) is 9.52 Å². The number of anilines is 4. The number of benzene rings is 1. The van der Waals surface area contributed by atoms with Crippen molar-refractivity contribution in [2.45, 2.75) is 57.8 Å². The summed E-state index contributed by atoms with van der Waals surface area (Å²) in [5.41, 5.74) is 0.0423. The summed E-state index contributed by atoms with van der Waals surface area (Å²) in [7, 11) is -3.65. The Morgan fingerprint density at radius 3 is 2.55 bits per heavy atom. The molecule has 10 nitrogen and oxygen atoms in total. The highest BCUT2D eigenvalue weighted by Gasteiger charge is 2.35. The lowest BCUT2D eigenvalue weighted by Crippen LogP contribution is -2.36. The number of hydrogen-bond donors (Lipinski definition) is 4. The van der Waals surface area contributed by atoms with Gasteiger partial charge >= 0.3 is 6.18 Å². The molecular weight excluding hydrogens is 547 g/mol. The van der Waals surface area contributed by atoms with E-state index in [4.69, 9.17) is 0 Å². The zero-order chi connectivity index (χ0) is 28.8. The van der Waals surface area contributed by atoms with Crippen LogP contribution in [0.2, 0.25) is 0 Å². The fraction of sp³-hybridized carbons (Fsp3) is 0.385. The average molecular weight is 578 g/mol. The molecule has 0 unspecified atom stereocenters. The van der Waals surface area contributed by atoms with Crippen LogP contribution in [0.15, 0.2) is 48.8 Å². The maximum Gasteiger partial charge on any atom is 0.421 e. The SMILES string of the molecule is CCS(=O)(=O)Nc1ncccc1CNc1nc(Nc2cccc(C(=O)NC3CCCCC3)c2)ncc1C(F)(F)F. The van der Waals surface area contributed by atoms with E-state index in [1.165, 1.54) is 25.3 Å². The van der Waals surface area contributed by atoms with Crippen molar-refractivity contribution in [2.75, 3.05) is 21.1 Å². The largest absolute Gasteiger partial charge is 0.421 e. The number of nitrogens with one attached hydrogen (secondary N) is 4. The van der Waals surface area contributed by atoms with Crippen LogP contribution in [0, 0.1) is 0 Å². The van der Waals surface area contributed by atoms with Crippen molar-refractivity contribution in [3.8, 4) is 0 Å². The monoisotopic (exact) mass is 577 g/mol. The number of aromatic nitrogens is 3. The van der Waals surface area contributed by atoms with E-state index in [0.717, 1.165) is 32.1 Å². The van der Waals surface area contributed by atoms with Gasteiger partial charge in [0.2, 0.25) is 16.0 Å². The third kappa shape index (κ3) is 7.81. The van der Waals surface area contributed by atoms with E-state index in [1.807, 2.05) is 0 Å². The molecule has 0 spiro atoms. The van der Waals surface area contributed by atoms with Crippen molar-refractivity contribution in [2.24, 2.45) is 0 Å². The van der Waals surface area contributed by atoms with Crippen molar-refractivity contribution in [3.63, 3.8) is 0 Å².